The number of nitrogens with one attached hydrogen (secondary N) is 1. The van der Waals surface area contributed by atoms with Gasteiger partial charge in [0.05, 0.1) is 5.56 Å². The normalized spacial score (nSPS) is 27.4. The van der Waals surface area contributed by atoms with Gasteiger partial charge in [-0.2, -0.15) is 13.2 Å². The van der Waals surface area contributed by atoms with Crippen LogP contribution in [-0.4, -0.2) is 6.04 Å². The topological polar surface area (TPSA) is 12.0 Å². The molecule has 0 bridgehead atoms. The van der Waals surface area contributed by atoms with E-state index >= 15 is 0 Å². The van der Waals surface area contributed by atoms with Gasteiger partial charge in [-0.05, 0) is 49.3 Å². The van der Waals surface area contributed by atoms with E-state index < -0.39 is 11.7 Å². The van der Waals surface area contributed by atoms with E-state index in [1.807, 2.05) is 0 Å². The van der Waals surface area contributed by atoms with E-state index in [1.54, 1.807) is 0 Å². The van der Waals surface area contributed by atoms with Gasteiger partial charge in [-0.25, -0.2) is 0 Å². The first-order chi connectivity index (χ1) is 9.27. The second-order valence-corrected chi connectivity index (χ2v) is 6.23. The van der Waals surface area contributed by atoms with Crippen LogP contribution in [0.1, 0.15) is 38.7 Å². The zero-order chi connectivity index (χ0) is 14.9. The molecule has 112 valence electrons. The molecule has 20 heavy (non-hydrogen) atoms. The van der Waals surface area contributed by atoms with Crippen LogP contribution in [0.4, 0.5) is 18.9 Å². The number of benzene rings is 1. The third kappa shape index (κ3) is 3.60. The van der Waals surface area contributed by atoms with E-state index in [-0.39, 0.29) is 16.8 Å². The average molecular weight is 306 g/mol. The molecule has 1 fully saturated rings. The monoisotopic (exact) mass is 305 g/mol. The molecular weight excluding hydrogens is 287 g/mol. The third-order valence-electron chi connectivity index (χ3n) is 4.24. The van der Waals surface area contributed by atoms with Crippen LogP contribution >= 0.6 is 11.6 Å². The molecule has 0 aliphatic heterocycles. The fourth-order valence-electron chi connectivity index (χ4n) is 2.78. The maximum absolute atomic E-state index is 13.0. The number of alkyl halides is 3. The lowest BCUT2D eigenvalue weighted by atomic mass is 9.79. The van der Waals surface area contributed by atoms with Crippen molar-refractivity contribution in [3.63, 3.8) is 0 Å². The van der Waals surface area contributed by atoms with E-state index in [2.05, 4.69) is 19.2 Å². The Morgan fingerprint density at radius 1 is 1.15 bits per heavy atom. The Labute approximate surface area is 122 Å². The minimum absolute atomic E-state index is 0.100. The summed E-state index contributed by atoms with van der Waals surface area (Å²) in [5.74, 6) is 1.17. The highest BCUT2D eigenvalue weighted by atomic mass is 35.5. The summed E-state index contributed by atoms with van der Waals surface area (Å²) in [5.41, 5.74) is -0.551. The predicted octanol–water partition coefficient (Wildman–Crippen LogP) is 5.60. The molecule has 1 aliphatic rings. The number of hydrogen-bond donors (Lipinski definition) is 1. The number of halogens is 4. The summed E-state index contributed by atoms with van der Waals surface area (Å²) < 4.78 is 39.1. The van der Waals surface area contributed by atoms with Crippen molar-refractivity contribution < 1.29 is 13.2 Å². The van der Waals surface area contributed by atoms with Gasteiger partial charge in [0, 0.05) is 16.8 Å². The molecule has 1 aromatic carbocycles. The van der Waals surface area contributed by atoms with Gasteiger partial charge >= 0.3 is 6.18 Å². The Morgan fingerprint density at radius 3 is 2.45 bits per heavy atom. The van der Waals surface area contributed by atoms with Gasteiger partial charge in [0.25, 0.3) is 0 Å². The standard InChI is InChI=1S/C15H19ClF3N/c1-9-3-5-12(7-10(9)2)20-14-6-4-11(16)8-13(14)15(17,18)19/h4,6,8-10,12,20H,3,5,7H2,1-2H3. The zero-order valence-electron chi connectivity index (χ0n) is 11.6. The first kappa shape index (κ1) is 15.5. The molecule has 0 radical (unpaired) electrons. The van der Waals surface area contributed by atoms with Gasteiger partial charge in [0.1, 0.15) is 0 Å². The molecule has 0 saturated heterocycles. The van der Waals surface area contributed by atoms with Crippen molar-refractivity contribution >= 4 is 17.3 Å². The Bertz CT molecular complexity index is 473. The van der Waals surface area contributed by atoms with Gasteiger partial charge in [-0.15, -0.1) is 0 Å². The van der Waals surface area contributed by atoms with Crippen LogP contribution in [0.2, 0.25) is 5.02 Å². The number of hydrogen-bond acceptors (Lipinski definition) is 1. The third-order valence-corrected chi connectivity index (χ3v) is 4.48. The Hall–Kier alpha value is -0.900. The molecule has 0 heterocycles. The molecule has 0 spiro atoms. The molecule has 3 atom stereocenters. The lowest BCUT2D eigenvalue weighted by molar-refractivity contribution is -0.137. The fraction of sp³-hybridized carbons (Fsp3) is 0.600. The van der Waals surface area contributed by atoms with E-state index in [4.69, 9.17) is 11.6 Å². The molecule has 1 N–H and O–H groups in total. The van der Waals surface area contributed by atoms with Crippen molar-refractivity contribution in [2.45, 2.75) is 45.3 Å². The van der Waals surface area contributed by atoms with Crippen LogP contribution in [0.5, 0.6) is 0 Å². The van der Waals surface area contributed by atoms with Crippen LogP contribution < -0.4 is 5.32 Å². The first-order valence-electron chi connectivity index (χ1n) is 6.90. The van der Waals surface area contributed by atoms with Crippen molar-refractivity contribution in [3.05, 3.63) is 28.8 Å². The van der Waals surface area contributed by atoms with Gasteiger partial charge in [-0.1, -0.05) is 25.4 Å². The van der Waals surface area contributed by atoms with Gasteiger partial charge < -0.3 is 5.32 Å². The number of anilines is 1. The molecule has 1 nitrogen and oxygen atoms in total. The van der Waals surface area contributed by atoms with E-state index in [0.29, 0.717) is 11.8 Å². The summed E-state index contributed by atoms with van der Waals surface area (Å²) in [6.07, 6.45) is -1.53. The van der Waals surface area contributed by atoms with E-state index in [1.165, 1.54) is 12.1 Å². The SMILES string of the molecule is CC1CCC(Nc2ccc(Cl)cc2C(F)(F)F)CC1C. The Morgan fingerprint density at radius 2 is 1.85 bits per heavy atom. The Kier molecular flexibility index (Phi) is 4.52. The first-order valence-corrected chi connectivity index (χ1v) is 7.28. The fourth-order valence-corrected chi connectivity index (χ4v) is 2.95. The van der Waals surface area contributed by atoms with Crippen LogP contribution in [0, 0.1) is 11.8 Å². The summed E-state index contributed by atoms with van der Waals surface area (Å²) in [7, 11) is 0. The number of rotatable bonds is 2. The maximum Gasteiger partial charge on any atom is 0.418 e. The molecule has 5 heteroatoms. The maximum atomic E-state index is 13.0. The smallest absolute Gasteiger partial charge is 0.382 e. The van der Waals surface area contributed by atoms with Gasteiger partial charge in [0.15, 0.2) is 0 Å². The molecular formula is C15H19ClF3N. The highest BCUT2D eigenvalue weighted by molar-refractivity contribution is 6.30. The lowest BCUT2D eigenvalue weighted by Gasteiger charge is -2.33. The van der Waals surface area contributed by atoms with Gasteiger partial charge in [-0.3, -0.25) is 0 Å². The van der Waals surface area contributed by atoms with Crippen molar-refractivity contribution in [2.24, 2.45) is 11.8 Å². The second-order valence-electron chi connectivity index (χ2n) is 5.80. The van der Waals surface area contributed by atoms with Gasteiger partial charge in [0.2, 0.25) is 0 Å². The summed E-state index contributed by atoms with van der Waals surface area (Å²) in [6, 6.07) is 4.00. The van der Waals surface area contributed by atoms with E-state index in [0.717, 1.165) is 25.3 Å². The summed E-state index contributed by atoms with van der Waals surface area (Å²) in [5, 5.41) is 3.16. The van der Waals surface area contributed by atoms with Crippen LogP contribution in [-0.2, 0) is 6.18 Å². The molecule has 1 saturated carbocycles. The summed E-state index contributed by atoms with van der Waals surface area (Å²) >= 11 is 5.68. The van der Waals surface area contributed by atoms with Crippen molar-refractivity contribution in [2.75, 3.05) is 5.32 Å². The molecule has 3 unspecified atom stereocenters. The second kappa shape index (κ2) is 5.84. The summed E-state index contributed by atoms with van der Waals surface area (Å²) in [4.78, 5) is 0. The lowest BCUT2D eigenvalue weighted by Crippen LogP contribution is -2.31. The zero-order valence-corrected chi connectivity index (χ0v) is 12.4. The largest absolute Gasteiger partial charge is 0.418 e. The van der Waals surface area contributed by atoms with Crippen molar-refractivity contribution in [3.8, 4) is 0 Å². The highest BCUT2D eigenvalue weighted by Crippen LogP contribution is 2.38. The molecule has 1 aromatic rings. The minimum Gasteiger partial charge on any atom is -0.382 e. The molecule has 1 aliphatic carbocycles. The molecule has 0 aromatic heterocycles. The quantitative estimate of drug-likeness (QED) is 0.750. The highest BCUT2D eigenvalue weighted by Gasteiger charge is 2.35. The molecule has 2 rings (SSSR count). The predicted molar refractivity (Wildman–Crippen MR) is 76.0 cm³/mol. The van der Waals surface area contributed by atoms with Crippen LogP contribution in [0.15, 0.2) is 18.2 Å². The van der Waals surface area contributed by atoms with Crippen molar-refractivity contribution in [1.29, 1.82) is 0 Å². The Balaban J connectivity index is 2.17. The van der Waals surface area contributed by atoms with Crippen molar-refractivity contribution in [1.82, 2.24) is 0 Å². The minimum atomic E-state index is -4.39. The summed E-state index contributed by atoms with van der Waals surface area (Å²) in [6.45, 7) is 4.36. The molecule has 0 amide bonds. The van der Waals surface area contributed by atoms with Crippen LogP contribution in [0.3, 0.4) is 0 Å². The average Bonchev–Trinajstić information content (AvgIpc) is 2.35. The van der Waals surface area contributed by atoms with Crippen LogP contribution in [0.25, 0.3) is 0 Å². The van der Waals surface area contributed by atoms with E-state index in [9.17, 15) is 13.2 Å².